The Labute approximate surface area is 120 Å². The van der Waals surface area contributed by atoms with E-state index in [0.717, 1.165) is 6.07 Å². The number of hydrogen-bond acceptors (Lipinski definition) is 3. The number of hydrogen-bond donors (Lipinski definition) is 1. The Balaban J connectivity index is 2.67. The van der Waals surface area contributed by atoms with Crippen molar-refractivity contribution in [1.29, 1.82) is 0 Å². The summed E-state index contributed by atoms with van der Waals surface area (Å²) >= 11 is 0. The minimum atomic E-state index is -4.56. The van der Waals surface area contributed by atoms with Crippen LogP contribution in [0, 0.1) is 0 Å². The first-order valence-electron chi connectivity index (χ1n) is 6.42. The van der Waals surface area contributed by atoms with E-state index in [1.54, 1.807) is 0 Å². The van der Waals surface area contributed by atoms with Crippen molar-refractivity contribution in [2.45, 2.75) is 25.4 Å². The number of methoxy groups -OCH3 is 1. The highest BCUT2D eigenvalue weighted by Crippen LogP contribution is 2.49. The molecule has 7 heteroatoms. The third-order valence-corrected chi connectivity index (χ3v) is 3.66. The number of ether oxygens (including phenoxy) is 1. The number of carbonyl (C=O) groups excluding carboxylic acids is 1. The normalized spacial score (nSPS) is 17.2. The summed E-state index contributed by atoms with van der Waals surface area (Å²) in [4.78, 5) is 13.8. The Morgan fingerprint density at radius 1 is 1.33 bits per heavy atom. The van der Waals surface area contributed by atoms with Gasteiger partial charge in [-0.3, -0.25) is 4.79 Å². The highest BCUT2D eigenvalue weighted by molar-refractivity contribution is 6.08. The van der Waals surface area contributed by atoms with Crippen LogP contribution in [-0.2, 0) is 21.1 Å². The topological polar surface area (TPSA) is 55.6 Å². The lowest BCUT2D eigenvalue weighted by Crippen LogP contribution is -2.38. The average molecular weight is 302 g/mol. The molecule has 4 nitrogen and oxygen atoms in total. The Hall–Kier alpha value is -1.76. The number of rotatable bonds is 3. The molecule has 0 fully saturated rings. The summed E-state index contributed by atoms with van der Waals surface area (Å²) < 4.78 is 44.7. The Bertz CT molecular complexity index is 582. The van der Waals surface area contributed by atoms with Gasteiger partial charge in [0.1, 0.15) is 0 Å². The van der Waals surface area contributed by atoms with E-state index in [1.807, 2.05) is 0 Å². The molecule has 0 aromatic heterocycles. The van der Waals surface area contributed by atoms with Crippen LogP contribution in [0.4, 0.5) is 24.5 Å². The zero-order chi connectivity index (χ0) is 16.0. The van der Waals surface area contributed by atoms with Crippen molar-refractivity contribution in [3.63, 3.8) is 0 Å². The molecular formula is C14H17F3N2O2. The number of benzene rings is 1. The number of anilines is 2. The Morgan fingerprint density at radius 3 is 2.48 bits per heavy atom. The molecule has 0 saturated carbocycles. The van der Waals surface area contributed by atoms with Gasteiger partial charge in [0.05, 0.1) is 23.3 Å². The molecule has 1 aliphatic rings. The molecule has 2 N–H and O–H groups in total. The molecule has 0 atom stereocenters. The van der Waals surface area contributed by atoms with Crippen molar-refractivity contribution >= 4 is 17.3 Å². The molecule has 1 amide bonds. The van der Waals surface area contributed by atoms with Crippen LogP contribution < -0.4 is 10.6 Å². The molecule has 0 radical (unpaired) electrons. The molecule has 0 spiro atoms. The average Bonchev–Trinajstić information content (AvgIpc) is 2.54. The number of amides is 1. The summed E-state index contributed by atoms with van der Waals surface area (Å²) in [6, 6.07) is 2.29. The van der Waals surface area contributed by atoms with Gasteiger partial charge in [0.15, 0.2) is 0 Å². The van der Waals surface area contributed by atoms with Gasteiger partial charge in [-0.15, -0.1) is 0 Å². The van der Waals surface area contributed by atoms with Gasteiger partial charge >= 0.3 is 6.18 Å². The highest BCUT2D eigenvalue weighted by Gasteiger charge is 2.49. The van der Waals surface area contributed by atoms with E-state index in [9.17, 15) is 18.0 Å². The second-order valence-electron chi connectivity index (χ2n) is 5.53. The van der Waals surface area contributed by atoms with Crippen LogP contribution in [-0.4, -0.2) is 26.2 Å². The number of nitrogens with zero attached hydrogens (tertiary/aromatic N) is 1. The fourth-order valence-corrected chi connectivity index (χ4v) is 2.70. The van der Waals surface area contributed by atoms with Gasteiger partial charge in [-0.2, -0.15) is 13.2 Å². The van der Waals surface area contributed by atoms with Crippen LogP contribution >= 0.6 is 0 Å². The Morgan fingerprint density at radius 2 is 1.95 bits per heavy atom. The number of carbonyl (C=O) groups is 1. The molecule has 21 heavy (non-hydrogen) atoms. The first-order chi connectivity index (χ1) is 9.60. The molecule has 0 unspecified atom stereocenters. The van der Waals surface area contributed by atoms with Gasteiger partial charge in [-0.05, 0) is 26.0 Å². The van der Waals surface area contributed by atoms with Crippen LogP contribution in [0.2, 0.25) is 0 Å². The summed E-state index contributed by atoms with van der Waals surface area (Å²) in [6.07, 6.45) is -4.56. The zero-order valence-corrected chi connectivity index (χ0v) is 12.0. The van der Waals surface area contributed by atoms with Gasteiger partial charge < -0.3 is 15.4 Å². The fourth-order valence-electron chi connectivity index (χ4n) is 2.70. The van der Waals surface area contributed by atoms with Crippen LogP contribution in [0.1, 0.15) is 25.0 Å². The molecule has 0 aliphatic carbocycles. The third-order valence-electron chi connectivity index (χ3n) is 3.66. The summed E-state index contributed by atoms with van der Waals surface area (Å²) in [6.45, 7) is 3.41. The summed E-state index contributed by atoms with van der Waals surface area (Å²) in [7, 11) is 1.47. The van der Waals surface area contributed by atoms with Crippen LogP contribution in [0.25, 0.3) is 0 Å². The predicted molar refractivity (Wildman–Crippen MR) is 73.1 cm³/mol. The second kappa shape index (κ2) is 4.91. The molecular weight excluding hydrogens is 285 g/mol. The molecule has 0 bridgehead atoms. The molecule has 1 heterocycles. The maximum absolute atomic E-state index is 13.3. The monoisotopic (exact) mass is 302 g/mol. The van der Waals surface area contributed by atoms with Crippen LogP contribution in [0.5, 0.6) is 0 Å². The zero-order valence-electron chi connectivity index (χ0n) is 12.0. The molecule has 2 rings (SSSR count). The van der Waals surface area contributed by atoms with E-state index >= 15 is 0 Å². The van der Waals surface area contributed by atoms with Gasteiger partial charge in [-0.1, -0.05) is 0 Å². The van der Waals surface area contributed by atoms with Crippen molar-refractivity contribution < 1.29 is 22.7 Å². The van der Waals surface area contributed by atoms with Crippen molar-refractivity contribution in [3.05, 3.63) is 23.3 Å². The molecule has 0 saturated heterocycles. The van der Waals surface area contributed by atoms with Crippen LogP contribution in [0.3, 0.4) is 0 Å². The van der Waals surface area contributed by atoms with Crippen LogP contribution in [0.15, 0.2) is 12.1 Å². The first kappa shape index (κ1) is 15.6. The predicted octanol–water partition coefficient (Wildman–Crippen LogP) is 2.56. The van der Waals surface area contributed by atoms with Gasteiger partial charge in [-0.25, -0.2) is 0 Å². The number of nitrogen functional groups attached to an aromatic ring is 1. The summed E-state index contributed by atoms with van der Waals surface area (Å²) in [5.41, 5.74) is 3.66. The number of halogens is 3. The van der Waals surface area contributed by atoms with Gasteiger partial charge in [0.25, 0.3) is 0 Å². The Kier molecular flexibility index (Phi) is 3.65. The second-order valence-corrected chi connectivity index (χ2v) is 5.53. The molecule has 116 valence electrons. The lowest BCUT2D eigenvalue weighted by Gasteiger charge is -2.21. The third kappa shape index (κ3) is 2.46. The van der Waals surface area contributed by atoms with E-state index in [-0.39, 0.29) is 36.0 Å². The summed E-state index contributed by atoms with van der Waals surface area (Å²) in [5.74, 6) is -0.384. The lowest BCUT2D eigenvalue weighted by molar-refractivity contribution is -0.138. The van der Waals surface area contributed by atoms with E-state index in [1.165, 1.54) is 31.9 Å². The number of alkyl halides is 3. The van der Waals surface area contributed by atoms with Crippen molar-refractivity contribution in [1.82, 2.24) is 0 Å². The fraction of sp³-hybridized carbons (Fsp3) is 0.500. The van der Waals surface area contributed by atoms with E-state index in [2.05, 4.69) is 0 Å². The molecule has 1 aromatic carbocycles. The van der Waals surface area contributed by atoms with Crippen molar-refractivity contribution in [3.8, 4) is 0 Å². The molecule has 1 aliphatic heterocycles. The largest absolute Gasteiger partial charge is 0.416 e. The van der Waals surface area contributed by atoms with Crippen molar-refractivity contribution in [2.24, 2.45) is 0 Å². The minimum Gasteiger partial charge on any atom is -0.399 e. The lowest BCUT2D eigenvalue weighted by atomic mass is 9.82. The van der Waals surface area contributed by atoms with Gasteiger partial charge in [0.2, 0.25) is 5.91 Å². The van der Waals surface area contributed by atoms with E-state index in [4.69, 9.17) is 10.5 Å². The number of nitrogens with two attached hydrogens (primary N) is 1. The smallest absolute Gasteiger partial charge is 0.399 e. The maximum atomic E-state index is 13.3. The number of fused-ring (bicyclic) bond motifs is 1. The standard InChI is InChI=1S/C14H17F3N2O2/c1-13(2)11-9(14(15,16)17)6-8(18)7-10(11)19(12(13)20)4-5-21-3/h6-7H,4-5,18H2,1-3H3. The van der Waals surface area contributed by atoms with Gasteiger partial charge in [0, 0.05) is 24.9 Å². The first-order valence-corrected chi connectivity index (χ1v) is 6.42. The van der Waals surface area contributed by atoms with E-state index in [0.29, 0.717) is 0 Å². The highest BCUT2D eigenvalue weighted by atomic mass is 19.4. The maximum Gasteiger partial charge on any atom is 0.416 e. The SMILES string of the molecule is COCCN1C(=O)C(C)(C)c2c1cc(N)cc2C(F)(F)F. The quantitative estimate of drug-likeness (QED) is 0.873. The van der Waals surface area contributed by atoms with E-state index < -0.39 is 17.2 Å². The minimum absolute atomic E-state index is 0.0195. The molecule has 1 aromatic rings. The van der Waals surface area contributed by atoms with Crippen molar-refractivity contribution in [2.75, 3.05) is 30.9 Å². The summed E-state index contributed by atoms with van der Waals surface area (Å²) in [5, 5.41) is 0.